The molecule has 0 unspecified atom stereocenters. The minimum Gasteiger partial charge on any atom is -0.477 e. The van der Waals surface area contributed by atoms with E-state index in [0.29, 0.717) is 10.8 Å². The van der Waals surface area contributed by atoms with Crippen LogP contribution in [0.5, 0.6) is 5.75 Å². The molecule has 0 saturated carbocycles. The number of non-ortho nitro benzene ring substituents is 1. The van der Waals surface area contributed by atoms with Crippen molar-refractivity contribution in [2.24, 2.45) is 5.73 Å². The first-order valence-corrected chi connectivity index (χ1v) is 9.95. The minimum absolute atomic E-state index is 0.0588. The van der Waals surface area contributed by atoms with E-state index in [0.717, 1.165) is 12.1 Å². The highest BCUT2D eigenvalue weighted by atomic mass is 19.4. The van der Waals surface area contributed by atoms with E-state index in [1.165, 1.54) is 41.1 Å². The number of hydrogen-bond donors (Lipinski definition) is 2. The van der Waals surface area contributed by atoms with Crippen LogP contribution in [0.4, 0.5) is 18.9 Å². The van der Waals surface area contributed by atoms with E-state index in [1.807, 2.05) is 0 Å². The highest BCUT2D eigenvalue weighted by Crippen LogP contribution is 2.39. The molecule has 0 atom stereocenters. The minimum atomic E-state index is -5.28. The van der Waals surface area contributed by atoms with E-state index in [-0.39, 0.29) is 46.5 Å². The van der Waals surface area contributed by atoms with Crippen molar-refractivity contribution in [1.82, 2.24) is 9.78 Å². The van der Waals surface area contributed by atoms with E-state index < -0.39 is 28.8 Å². The van der Waals surface area contributed by atoms with Gasteiger partial charge in [0.25, 0.3) is 5.69 Å². The van der Waals surface area contributed by atoms with E-state index in [1.54, 1.807) is 0 Å². The van der Waals surface area contributed by atoms with Crippen molar-refractivity contribution in [3.63, 3.8) is 0 Å². The number of nitro benzene ring substituents is 1. The fraction of sp³-hybridized carbons (Fsp3) is 0.136. The largest absolute Gasteiger partial charge is 0.491 e. The summed E-state index contributed by atoms with van der Waals surface area (Å²) in [6.45, 7) is 0.194. The summed E-state index contributed by atoms with van der Waals surface area (Å²) in [6.07, 6.45) is -5.28. The monoisotopic (exact) mass is 488 g/mol. The van der Waals surface area contributed by atoms with Crippen molar-refractivity contribution in [1.29, 1.82) is 0 Å². The Kier molecular flexibility index (Phi) is 5.86. The van der Waals surface area contributed by atoms with Gasteiger partial charge in [-0.05, 0) is 29.1 Å². The Labute approximate surface area is 193 Å². The van der Waals surface area contributed by atoms with Crippen LogP contribution < -0.4 is 10.5 Å². The molecule has 0 aliphatic carbocycles. The van der Waals surface area contributed by atoms with Crippen molar-refractivity contribution in [2.75, 3.05) is 6.54 Å². The van der Waals surface area contributed by atoms with Crippen LogP contribution in [0.3, 0.4) is 0 Å². The Morgan fingerprint density at radius 2 is 1.89 bits per heavy atom. The molecule has 1 heterocycles. The molecule has 0 radical (unpaired) electrons. The third-order valence-corrected chi connectivity index (χ3v) is 5.17. The predicted octanol–water partition coefficient (Wildman–Crippen LogP) is 3.89. The molecule has 4 rings (SSSR count). The SMILES string of the molecule is NCCn1nc2c(ccc3cc(OC(=O)C(F)(F)F)c(-c4cccc([N+](=O)[O-])c4)cc32)c1C(=O)O. The van der Waals surface area contributed by atoms with E-state index in [2.05, 4.69) is 9.84 Å². The zero-order valence-corrected chi connectivity index (χ0v) is 17.6. The molecule has 0 saturated heterocycles. The van der Waals surface area contributed by atoms with Crippen molar-refractivity contribution in [2.45, 2.75) is 12.7 Å². The number of alkyl halides is 3. The summed E-state index contributed by atoms with van der Waals surface area (Å²) in [4.78, 5) is 34.0. The third kappa shape index (κ3) is 4.36. The van der Waals surface area contributed by atoms with Gasteiger partial charge in [-0.1, -0.05) is 18.2 Å². The van der Waals surface area contributed by atoms with Crippen molar-refractivity contribution >= 4 is 39.3 Å². The highest BCUT2D eigenvalue weighted by Gasteiger charge is 2.41. The second-order valence-electron chi connectivity index (χ2n) is 7.39. The van der Waals surface area contributed by atoms with Crippen molar-refractivity contribution in [3.8, 4) is 16.9 Å². The molecule has 0 bridgehead atoms. The van der Waals surface area contributed by atoms with Crippen LogP contribution in [0.25, 0.3) is 32.8 Å². The lowest BCUT2D eigenvalue weighted by molar-refractivity contribution is -0.384. The first-order valence-electron chi connectivity index (χ1n) is 9.95. The number of rotatable bonds is 6. The normalized spacial score (nSPS) is 11.7. The molecular weight excluding hydrogens is 473 g/mol. The van der Waals surface area contributed by atoms with E-state index >= 15 is 0 Å². The lowest BCUT2D eigenvalue weighted by Gasteiger charge is -2.13. The second-order valence-corrected chi connectivity index (χ2v) is 7.39. The van der Waals surface area contributed by atoms with Gasteiger partial charge in [-0.25, -0.2) is 9.59 Å². The average molecular weight is 488 g/mol. The summed E-state index contributed by atoms with van der Waals surface area (Å²) in [5.74, 6) is -4.21. The number of nitrogens with two attached hydrogens (primary N) is 1. The Bertz CT molecular complexity index is 1510. The van der Waals surface area contributed by atoms with Gasteiger partial charge in [0.05, 0.1) is 11.5 Å². The Morgan fingerprint density at radius 3 is 2.51 bits per heavy atom. The standard InChI is InChI=1S/C22H15F3N4O6/c23-22(24,25)21(32)35-17-9-12-4-5-14-18(27-28(7-6-26)19(14)20(30)31)16(12)10-15(17)11-2-1-3-13(8-11)29(33)34/h1-5,8-10H,6-7,26H2,(H,30,31). The van der Waals surface area contributed by atoms with Crippen LogP contribution >= 0.6 is 0 Å². The smallest absolute Gasteiger partial charge is 0.477 e. The number of ether oxygens (including phenoxy) is 1. The van der Waals surface area contributed by atoms with Gasteiger partial charge in [-0.3, -0.25) is 14.8 Å². The number of nitrogens with zero attached hydrogens (tertiary/aromatic N) is 3. The zero-order valence-electron chi connectivity index (χ0n) is 17.6. The molecule has 180 valence electrons. The lowest BCUT2D eigenvalue weighted by atomic mass is 9.98. The van der Waals surface area contributed by atoms with Crippen LogP contribution in [0.1, 0.15) is 10.5 Å². The van der Waals surface area contributed by atoms with Crippen LogP contribution in [0.2, 0.25) is 0 Å². The molecule has 4 aromatic rings. The number of benzene rings is 3. The summed E-state index contributed by atoms with van der Waals surface area (Å²) in [5, 5.41) is 26.1. The lowest BCUT2D eigenvalue weighted by Crippen LogP contribution is -2.28. The molecular formula is C22H15F3N4O6. The molecule has 0 aliphatic rings. The van der Waals surface area contributed by atoms with Gasteiger partial charge in [0.2, 0.25) is 0 Å². The highest BCUT2D eigenvalue weighted by molar-refractivity contribution is 6.13. The van der Waals surface area contributed by atoms with Crippen LogP contribution in [0.15, 0.2) is 48.5 Å². The van der Waals surface area contributed by atoms with E-state index in [9.17, 15) is 38.0 Å². The fourth-order valence-corrected chi connectivity index (χ4v) is 3.71. The van der Waals surface area contributed by atoms with Gasteiger partial charge in [-0.15, -0.1) is 0 Å². The maximum absolute atomic E-state index is 12.9. The van der Waals surface area contributed by atoms with Gasteiger partial charge in [-0.2, -0.15) is 18.3 Å². The summed E-state index contributed by atoms with van der Waals surface area (Å²) < 4.78 is 44.6. The topological polar surface area (TPSA) is 151 Å². The number of esters is 1. The number of carboxylic acids is 1. The molecule has 0 fully saturated rings. The predicted molar refractivity (Wildman–Crippen MR) is 117 cm³/mol. The van der Waals surface area contributed by atoms with Gasteiger partial charge >= 0.3 is 18.1 Å². The number of carbonyl (C=O) groups is 2. The van der Waals surface area contributed by atoms with Crippen LogP contribution in [0, 0.1) is 10.1 Å². The number of carboxylic acid groups (broad SMARTS) is 1. The molecule has 0 spiro atoms. The fourth-order valence-electron chi connectivity index (χ4n) is 3.71. The molecule has 10 nitrogen and oxygen atoms in total. The maximum atomic E-state index is 12.9. The van der Waals surface area contributed by atoms with Crippen molar-refractivity contribution in [3.05, 3.63) is 64.3 Å². The maximum Gasteiger partial charge on any atom is 0.491 e. The van der Waals surface area contributed by atoms with Crippen LogP contribution in [-0.4, -0.2) is 44.5 Å². The first kappa shape index (κ1) is 23.6. The average Bonchev–Trinajstić information content (AvgIpc) is 3.17. The summed E-state index contributed by atoms with van der Waals surface area (Å²) in [7, 11) is 0. The number of carbonyl (C=O) groups excluding carboxylic acids is 1. The number of aromatic nitrogens is 2. The molecule has 0 aliphatic heterocycles. The summed E-state index contributed by atoms with van der Waals surface area (Å²) in [5.41, 5.74) is 5.35. The molecule has 35 heavy (non-hydrogen) atoms. The summed E-state index contributed by atoms with van der Waals surface area (Å²) in [6, 6.07) is 10.4. The van der Waals surface area contributed by atoms with Gasteiger partial charge in [0, 0.05) is 35.0 Å². The van der Waals surface area contributed by atoms with Crippen molar-refractivity contribution < 1.29 is 37.5 Å². The quantitative estimate of drug-likeness (QED) is 0.180. The van der Waals surface area contributed by atoms with Crippen LogP contribution in [-0.2, 0) is 11.3 Å². The molecule has 13 heteroatoms. The Balaban J connectivity index is 2.03. The Hall–Kier alpha value is -4.52. The number of nitro groups is 1. The number of aromatic carboxylic acids is 1. The van der Waals surface area contributed by atoms with Gasteiger partial charge in [0.15, 0.2) is 5.69 Å². The first-order chi connectivity index (χ1) is 16.5. The number of fused-ring (bicyclic) bond motifs is 3. The second kappa shape index (κ2) is 8.68. The third-order valence-electron chi connectivity index (χ3n) is 5.17. The molecule has 3 N–H and O–H groups in total. The molecule has 1 aromatic heterocycles. The number of hydrogen-bond acceptors (Lipinski definition) is 7. The van der Waals surface area contributed by atoms with E-state index in [4.69, 9.17) is 5.73 Å². The van der Waals surface area contributed by atoms with Gasteiger partial charge < -0.3 is 15.6 Å². The number of halogens is 3. The Morgan fingerprint density at radius 1 is 1.14 bits per heavy atom. The van der Waals surface area contributed by atoms with Gasteiger partial charge in [0.1, 0.15) is 11.3 Å². The molecule has 0 amide bonds. The zero-order chi connectivity index (χ0) is 25.5. The summed E-state index contributed by atoms with van der Waals surface area (Å²) >= 11 is 0. The molecule has 3 aromatic carbocycles.